The van der Waals surface area contributed by atoms with Crippen LogP contribution in [0.3, 0.4) is 0 Å². The smallest absolute Gasteiger partial charge is 0.173 e. The fourth-order valence-electron chi connectivity index (χ4n) is 2.48. The molecule has 3 rings (SSSR count). The molecular weight excluding hydrogens is 252 g/mol. The number of aromatic nitrogens is 4. The molecular formula is C14H20N6. The summed E-state index contributed by atoms with van der Waals surface area (Å²) in [4.78, 5) is 11.2. The molecule has 0 aromatic carbocycles. The summed E-state index contributed by atoms with van der Waals surface area (Å²) in [6, 6.07) is 1.87. The molecule has 106 valence electrons. The Hall–Kier alpha value is -1.95. The van der Waals surface area contributed by atoms with Crippen molar-refractivity contribution in [2.75, 3.05) is 31.5 Å². The number of anilines is 1. The number of hydrogen-bond acceptors (Lipinski definition) is 5. The van der Waals surface area contributed by atoms with Gasteiger partial charge in [-0.2, -0.15) is 5.10 Å². The van der Waals surface area contributed by atoms with Gasteiger partial charge in [0.15, 0.2) is 5.82 Å². The minimum Gasteiger partial charge on any atom is -0.367 e. The largest absolute Gasteiger partial charge is 0.367 e. The topological polar surface area (TPSA) is 58.9 Å². The molecule has 1 fully saturated rings. The van der Waals surface area contributed by atoms with Gasteiger partial charge in [-0.15, -0.1) is 0 Å². The highest BCUT2D eigenvalue weighted by Gasteiger charge is 2.09. The Kier molecular flexibility index (Phi) is 4.22. The van der Waals surface area contributed by atoms with Crippen molar-refractivity contribution < 1.29 is 0 Å². The fraction of sp³-hybridized carbons (Fsp3) is 0.500. The molecule has 1 aliphatic rings. The molecule has 0 spiro atoms. The Morgan fingerprint density at radius 1 is 1.15 bits per heavy atom. The lowest BCUT2D eigenvalue weighted by Crippen LogP contribution is -2.33. The standard InChI is InChI=1S/C14H20N6/c1-2-7-19(8-3-1)10-6-16-13-11-15-12-14(18-13)20-9-4-5-17-20/h4-5,9,11-12H,1-3,6-8,10H2,(H,16,18). The predicted molar refractivity (Wildman–Crippen MR) is 77.9 cm³/mol. The number of hydrogen-bond donors (Lipinski definition) is 1. The van der Waals surface area contributed by atoms with Gasteiger partial charge in [0, 0.05) is 25.5 Å². The first-order valence-corrected chi connectivity index (χ1v) is 7.20. The zero-order valence-corrected chi connectivity index (χ0v) is 11.6. The molecule has 2 aromatic rings. The van der Waals surface area contributed by atoms with Crippen molar-refractivity contribution in [1.82, 2.24) is 24.6 Å². The van der Waals surface area contributed by atoms with E-state index in [0.29, 0.717) is 0 Å². The van der Waals surface area contributed by atoms with Crippen molar-refractivity contribution in [3.63, 3.8) is 0 Å². The first-order valence-electron chi connectivity index (χ1n) is 7.20. The molecule has 0 bridgehead atoms. The summed E-state index contributed by atoms with van der Waals surface area (Å²) in [6.07, 6.45) is 11.1. The minimum absolute atomic E-state index is 0.734. The Morgan fingerprint density at radius 2 is 2.05 bits per heavy atom. The highest BCUT2D eigenvalue weighted by molar-refractivity contribution is 5.35. The summed E-state index contributed by atoms with van der Waals surface area (Å²) in [6.45, 7) is 4.41. The van der Waals surface area contributed by atoms with Gasteiger partial charge in [-0.1, -0.05) is 6.42 Å². The van der Waals surface area contributed by atoms with Crippen LogP contribution in [0.5, 0.6) is 0 Å². The number of nitrogens with zero attached hydrogens (tertiary/aromatic N) is 5. The van der Waals surface area contributed by atoms with E-state index in [2.05, 4.69) is 25.3 Å². The molecule has 20 heavy (non-hydrogen) atoms. The van der Waals surface area contributed by atoms with Crippen LogP contribution in [-0.4, -0.2) is 50.8 Å². The molecule has 6 heteroatoms. The van der Waals surface area contributed by atoms with Crippen molar-refractivity contribution in [3.8, 4) is 5.82 Å². The third-order valence-corrected chi connectivity index (χ3v) is 3.54. The molecule has 3 heterocycles. The average molecular weight is 272 g/mol. The third-order valence-electron chi connectivity index (χ3n) is 3.54. The van der Waals surface area contributed by atoms with E-state index in [1.54, 1.807) is 23.3 Å². The van der Waals surface area contributed by atoms with E-state index in [1.165, 1.54) is 32.4 Å². The molecule has 0 amide bonds. The van der Waals surface area contributed by atoms with E-state index in [0.717, 1.165) is 24.7 Å². The molecule has 0 unspecified atom stereocenters. The van der Waals surface area contributed by atoms with Crippen LogP contribution in [0.15, 0.2) is 30.9 Å². The average Bonchev–Trinajstić information content (AvgIpc) is 3.03. The zero-order chi connectivity index (χ0) is 13.6. The summed E-state index contributed by atoms with van der Waals surface area (Å²) < 4.78 is 1.71. The summed E-state index contributed by atoms with van der Waals surface area (Å²) >= 11 is 0. The van der Waals surface area contributed by atoms with Gasteiger partial charge in [0.2, 0.25) is 0 Å². The SMILES string of the molecule is c1cnn(-c2cncc(NCCN3CCCCC3)n2)c1. The Bertz CT molecular complexity index is 518. The zero-order valence-electron chi connectivity index (χ0n) is 11.6. The lowest BCUT2D eigenvalue weighted by molar-refractivity contribution is 0.237. The second-order valence-corrected chi connectivity index (χ2v) is 5.04. The summed E-state index contributed by atoms with van der Waals surface area (Å²) in [5, 5.41) is 7.50. The van der Waals surface area contributed by atoms with Gasteiger partial charge in [0.1, 0.15) is 5.82 Å². The van der Waals surface area contributed by atoms with Crippen LogP contribution >= 0.6 is 0 Å². The molecule has 1 saturated heterocycles. The van der Waals surface area contributed by atoms with Gasteiger partial charge in [-0.05, 0) is 32.0 Å². The van der Waals surface area contributed by atoms with Crippen molar-refractivity contribution in [2.24, 2.45) is 0 Å². The maximum absolute atomic E-state index is 4.51. The van der Waals surface area contributed by atoms with Crippen LogP contribution in [0.25, 0.3) is 5.82 Å². The van der Waals surface area contributed by atoms with E-state index in [-0.39, 0.29) is 0 Å². The van der Waals surface area contributed by atoms with E-state index < -0.39 is 0 Å². The summed E-state index contributed by atoms with van der Waals surface area (Å²) in [5.41, 5.74) is 0. The van der Waals surface area contributed by atoms with Gasteiger partial charge < -0.3 is 10.2 Å². The second kappa shape index (κ2) is 6.47. The summed E-state index contributed by atoms with van der Waals surface area (Å²) in [7, 11) is 0. The van der Waals surface area contributed by atoms with Crippen LogP contribution in [0.2, 0.25) is 0 Å². The molecule has 1 N–H and O–H groups in total. The monoisotopic (exact) mass is 272 g/mol. The fourth-order valence-corrected chi connectivity index (χ4v) is 2.48. The maximum atomic E-state index is 4.51. The molecule has 0 saturated carbocycles. The number of likely N-dealkylation sites (tertiary alicyclic amines) is 1. The molecule has 0 radical (unpaired) electrons. The lowest BCUT2D eigenvalue weighted by Gasteiger charge is -2.26. The summed E-state index contributed by atoms with van der Waals surface area (Å²) in [5.74, 6) is 1.54. The quantitative estimate of drug-likeness (QED) is 0.895. The minimum atomic E-state index is 0.734. The lowest BCUT2D eigenvalue weighted by atomic mass is 10.1. The van der Waals surface area contributed by atoms with E-state index >= 15 is 0 Å². The highest BCUT2D eigenvalue weighted by Crippen LogP contribution is 2.09. The maximum Gasteiger partial charge on any atom is 0.173 e. The van der Waals surface area contributed by atoms with Crippen LogP contribution < -0.4 is 5.32 Å². The van der Waals surface area contributed by atoms with Gasteiger partial charge >= 0.3 is 0 Å². The van der Waals surface area contributed by atoms with Crippen LogP contribution in [-0.2, 0) is 0 Å². The predicted octanol–water partition coefficient (Wildman–Crippen LogP) is 1.56. The van der Waals surface area contributed by atoms with Crippen LogP contribution in [0.1, 0.15) is 19.3 Å². The first kappa shape index (κ1) is 13.1. The third kappa shape index (κ3) is 3.33. The van der Waals surface area contributed by atoms with Crippen LogP contribution in [0, 0.1) is 0 Å². The first-order chi connectivity index (χ1) is 9.92. The van der Waals surface area contributed by atoms with Crippen molar-refractivity contribution >= 4 is 5.82 Å². The van der Waals surface area contributed by atoms with E-state index in [1.807, 2.05) is 12.3 Å². The van der Waals surface area contributed by atoms with Gasteiger partial charge in [-0.25, -0.2) is 9.67 Å². The van der Waals surface area contributed by atoms with E-state index in [9.17, 15) is 0 Å². The Morgan fingerprint density at radius 3 is 2.85 bits per heavy atom. The molecule has 0 aliphatic carbocycles. The Labute approximate surface area is 118 Å². The normalized spacial score (nSPS) is 16.2. The molecule has 0 atom stereocenters. The number of rotatable bonds is 5. The van der Waals surface area contributed by atoms with Gasteiger partial charge in [0.05, 0.1) is 12.4 Å². The molecule has 2 aromatic heterocycles. The van der Waals surface area contributed by atoms with Crippen molar-refractivity contribution in [3.05, 3.63) is 30.9 Å². The van der Waals surface area contributed by atoms with Crippen molar-refractivity contribution in [2.45, 2.75) is 19.3 Å². The number of piperidine rings is 1. The van der Waals surface area contributed by atoms with E-state index in [4.69, 9.17) is 0 Å². The Balaban J connectivity index is 1.53. The van der Waals surface area contributed by atoms with Gasteiger partial charge in [-0.3, -0.25) is 4.98 Å². The van der Waals surface area contributed by atoms with Crippen molar-refractivity contribution in [1.29, 1.82) is 0 Å². The highest BCUT2D eigenvalue weighted by atomic mass is 15.3. The molecule has 1 aliphatic heterocycles. The second-order valence-electron chi connectivity index (χ2n) is 5.04. The van der Waals surface area contributed by atoms with Crippen LogP contribution in [0.4, 0.5) is 5.82 Å². The number of nitrogens with one attached hydrogen (secondary N) is 1. The van der Waals surface area contributed by atoms with Gasteiger partial charge in [0.25, 0.3) is 0 Å². The molecule has 6 nitrogen and oxygen atoms in total.